The highest BCUT2D eigenvalue weighted by Crippen LogP contribution is 2.23. The lowest BCUT2D eigenvalue weighted by Crippen LogP contribution is -2.29. The Morgan fingerprint density at radius 3 is 2.50 bits per heavy atom. The van der Waals surface area contributed by atoms with Crippen molar-refractivity contribution < 1.29 is 9.53 Å². The van der Waals surface area contributed by atoms with Crippen LogP contribution in [0.1, 0.15) is 26.3 Å². The molecule has 1 heterocycles. The van der Waals surface area contributed by atoms with Crippen LogP contribution in [-0.2, 0) is 11.3 Å². The lowest BCUT2D eigenvalue weighted by atomic mass is 10.2. The van der Waals surface area contributed by atoms with Crippen molar-refractivity contribution in [2.24, 2.45) is 5.18 Å². The first-order valence-electron chi connectivity index (χ1n) is 7.55. The summed E-state index contributed by atoms with van der Waals surface area (Å²) in [5, 5.41) is 5.68. The third kappa shape index (κ3) is 4.99. The number of carbonyl (C=O) groups excluding carboxylic acids is 1. The van der Waals surface area contributed by atoms with Crippen molar-refractivity contribution in [2.45, 2.75) is 32.9 Å². The van der Waals surface area contributed by atoms with E-state index in [2.05, 4.69) is 15.5 Å². The summed E-state index contributed by atoms with van der Waals surface area (Å²) in [4.78, 5) is 37.6. The van der Waals surface area contributed by atoms with Gasteiger partial charge in [0.25, 0.3) is 5.56 Å². The summed E-state index contributed by atoms with van der Waals surface area (Å²) in [6.45, 7) is 5.22. The molecule has 0 saturated carbocycles. The molecular formula is C16H17ClN4O4S. The Kier molecular flexibility index (Phi) is 5.94. The first-order valence-corrected chi connectivity index (χ1v) is 8.34. The van der Waals surface area contributed by atoms with E-state index in [9.17, 15) is 14.5 Å². The van der Waals surface area contributed by atoms with Gasteiger partial charge in [0.2, 0.25) is 5.69 Å². The lowest BCUT2D eigenvalue weighted by Gasteiger charge is -2.21. The van der Waals surface area contributed by atoms with Crippen LogP contribution < -0.4 is 10.9 Å². The summed E-state index contributed by atoms with van der Waals surface area (Å²) in [6.07, 6.45) is -0.841. The topological polar surface area (TPSA) is 106 Å². The zero-order valence-corrected chi connectivity index (χ0v) is 15.9. The molecule has 0 aliphatic heterocycles. The molecule has 0 radical (unpaired) electrons. The highest BCUT2D eigenvalue weighted by Gasteiger charge is 2.21. The standard InChI is InChI=1S/C16H17ClN4O4S/c1-16(2,3)25-15(23)18-12-11(20-24)13(22)19-14(26)21(12)8-9-4-6-10(17)7-5-9/h4-7H,8H2,1-3H3,(H,18,23)(H,19,22,26). The van der Waals surface area contributed by atoms with Crippen LogP contribution >= 0.6 is 23.8 Å². The molecule has 2 aromatic rings. The van der Waals surface area contributed by atoms with E-state index in [-0.39, 0.29) is 17.1 Å². The van der Waals surface area contributed by atoms with Crippen molar-refractivity contribution in [2.75, 3.05) is 5.32 Å². The summed E-state index contributed by atoms with van der Waals surface area (Å²) in [7, 11) is 0. The van der Waals surface area contributed by atoms with Crippen LogP contribution in [0.5, 0.6) is 0 Å². The molecule has 2 rings (SSSR count). The second-order valence-electron chi connectivity index (χ2n) is 6.39. The molecule has 0 saturated heterocycles. The van der Waals surface area contributed by atoms with Gasteiger partial charge in [-0.2, -0.15) is 0 Å². The van der Waals surface area contributed by atoms with Crippen molar-refractivity contribution in [3.05, 3.63) is 54.9 Å². The molecule has 10 heteroatoms. The van der Waals surface area contributed by atoms with Crippen molar-refractivity contribution in [1.82, 2.24) is 9.55 Å². The molecule has 1 aromatic carbocycles. The lowest BCUT2D eigenvalue weighted by molar-refractivity contribution is 0.0634. The summed E-state index contributed by atoms with van der Waals surface area (Å²) in [5.41, 5.74) is -1.29. The second-order valence-corrected chi connectivity index (χ2v) is 7.21. The number of rotatable bonds is 4. The van der Waals surface area contributed by atoms with Gasteiger partial charge in [-0.05, 0) is 55.9 Å². The number of benzene rings is 1. The third-order valence-corrected chi connectivity index (χ3v) is 3.71. The van der Waals surface area contributed by atoms with Crippen LogP contribution in [0.25, 0.3) is 0 Å². The Morgan fingerprint density at radius 1 is 1.35 bits per heavy atom. The number of amides is 1. The van der Waals surface area contributed by atoms with Gasteiger partial charge >= 0.3 is 6.09 Å². The Balaban J connectivity index is 2.50. The van der Waals surface area contributed by atoms with E-state index < -0.39 is 22.9 Å². The molecule has 0 atom stereocenters. The molecule has 8 nitrogen and oxygen atoms in total. The number of nitroso groups, excluding NO2 is 1. The van der Waals surface area contributed by atoms with Gasteiger partial charge < -0.3 is 4.74 Å². The summed E-state index contributed by atoms with van der Waals surface area (Å²) >= 11 is 11.0. The van der Waals surface area contributed by atoms with E-state index in [1.54, 1.807) is 45.0 Å². The van der Waals surface area contributed by atoms with Crippen molar-refractivity contribution in [3.63, 3.8) is 0 Å². The fourth-order valence-corrected chi connectivity index (χ4v) is 2.47. The smallest absolute Gasteiger partial charge is 0.413 e. The van der Waals surface area contributed by atoms with Gasteiger partial charge in [-0.25, -0.2) is 4.79 Å². The maximum atomic E-state index is 12.1. The van der Waals surface area contributed by atoms with E-state index >= 15 is 0 Å². The van der Waals surface area contributed by atoms with Crippen LogP contribution in [0, 0.1) is 9.68 Å². The summed E-state index contributed by atoms with van der Waals surface area (Å²) < 4.78 is 6.56. The number of hydrogen-bond donors (Lipinski definition) is 2. The highest BCUT2D eigenvalue weighted by atomic mass is 35.5. The molecule has 138 valence electrons. The van der Waals surface area contributed by atoms with Gasteiger partial charge in [-0.1, -0.05) is 23.7 Å². The molecule has 0 aliphatic carbocycles. The molecule has 1 aromatic heterocycles. The molecule has 26 heavy (non-hydrogen) atoms. The fourth-order valence-electron chi connectivity index (χ4n) is 2.10. The monoisotopic (exact) mass is 396 g/mol. The molecule has 0 unspecified atom stereocenters. The predicted octanol–water partition coefficient (Wildman–Crippen LogP) is 4.35. The van der Waals surface area contributed by atoms with Crippen LogP contribution in [-0.4, -0.2) is 21.2 Å². The number of H-pyrrole nitrogens is 1. The molecular weight excluding hydrogens is 380 g/mol. The Labute approximate surface area is 159 Å². The number of carbonyl (C=O) groups is 1. The fraction of sp³-hybridized carbons (Fsp3) is 0.312. The van der Waals surface area contributed by atoms with Gasteiger partial charge in [-0.15, -0.1) is 4.91 Å². The van der Waals surface area contributed by atoms with E-state index in [0.29, 0.717) is 5.02 Å². The van der Waals surface area contributed by atoms with Gasteiger partial charge in [-0.3, -0.25) is 19.7 Å². The number of ether oxygens (including phenoxy) is 1. The Hall–Kier alpha value is -2.52. The maximum absolute atomic E-state index is 12.1. The first-order chi connectivity index (χ1) is 12.1. The van der Waals surface area contributed by atoms with Gasteiger partial charge in [0.1, 0.15) is 5.60 Å². The number of aromatic amines is 1. The minimum absolute atomic E-state index is 0.0170. The molecule has 1 amide bonds. The highest BCUT2D eigenvalue weighted by molar-refractivity contribution is 7.71. The zero-order valence-electron chi connectivity index (χ0n) is 14.3. The number of hydrogen-bond acceptors (Lipinski definition) is 6. The minimum Gasteiger partial charge on any atom is -0.444 e. The van der Waals surface area contributed by atoms with E-state index in [1.807, 2.05) is 0 Å². The summed E-state index contributed by atoms with van der Waals surface area (Å²) in [6, 6.07) is 6.87. The molecule has 0 aliphatic rings. The Bertz CT molecular complexity index is 945. The summed E-state index contributed by atoms with van der Waals surface area (Å²) in [5.74, 6) is -0.141. The third-order valence-electron chi connectivity index (χ3n) is 3.14. The largest absolute Gasteiger partial charge is 0.444 e. The average Bonchev–Trinajstić information content (AvgIpc) is 2.51. The van der Waals surface area contributed by atoms with Crippen LogP contribution in [0.3, 0.4) is 0 Å². The minimum atomic E-state index is -0.841. The maximum Gasteiger partial charge on any atom is 0.413 e. The van der Waals surface area contributed by atoms with Gasteiger partial charge in [0.15, 0.2) is 10.6 Å². The number of nitrogens with one attached hydrogen (secondary N) is 2. The number of nitrogens with zero attached hydrogens (tertiary/aromatic N) is 2. The van der Waals surface area contributed by atoms with Crippen molar-refractivity contribution in [3.8, 4) is 0 Å². The Morgan fingerprint density at radius 2 is 1.96 bits per heavy atom. The second kappa shape index (κ2) is 7.79. The number of aromatic nitrogens is 2. The first kappa shape index (κ1) is 19.8. The molecule has 0 spiro atoms. The number of halogens is 1. The SMILES string of the molecule is CC(C)(C)OC(=O)Nc1c(N=O)c(=O)[nH]c(=S)n1Cc1ccc(Cl)cc1. The molecule has 0 fully saturated rings. The van der Waals surface area contributed by atoms with Crippen LogP contribution in [0.2, 0.25) is 5.02 Å². The molecule has 0 bridgehead atoms. The van der Waals surface area contributed by atoms with Crippen molar-refractivity contribution in [1.29, 1.82) is 0 Å². The van der Waals surface area contributed by atoms with E-state index in [1.165, 1.54) is 4.57 Å². The average molecular weight is 397 g/mol. The zero-order chi connectivity index (χ0) is 19.5. The van der Waals surface area contributed by atoms with Gasteiger partial charge in [0, 0.05) is 5.02 Å². The number of anilines is 1. The predicted molar refractivity (Wildman–Crippen MR) is 102 cm³/mol. The van der Waals surface area contributed by atoms with E-state index in [0.717, 1.165) is 5.56 Å². The van der Waals surface area contributed by atoms with Crippen LogP contribution in [0.4, 0.5) is 16.3 Å². The normalized spacial score (nSPS) is 11.1. The quantitative estimate of drug-likeness (QED) is 0.590. The van der Waals surface area contributed by atoms with Crippen LogP contribution in [0.15, 0.2) is 34.2 Å². The van der Waals surface area contributed by atoms with Crippen molar-refractivity contribution >= 4 is 41.4 Å². The molecule has 2 N–H and O–H groups in total. The van der Waals surface area contributed by atoms with E-state index in [4.69, 9.17) is 28.6 Å². The van der Waals surface area contributed by atoms with Gasteiger partial charge in [0.05, 0.1) is 6.54 Å².